The summed E-state index contributed by atoms with van der Waals surface area (Å²) in [5.41, 5.74) is 0. The highest BCUT2D eigenvalue weighted by atomic mass is 16.8. The van der Waals surface area contributed by atoms with Gasteiger partial charge >= 0.3 is 5.97 Å². The minimum absolute atomic E-state index is 0.428. The molecule has 3 saturated heterocycles. The first-order chi connectivity index (χ1) is 22.8. The van der Waals surface area contributed by atoms with Crippen LogP contribution in [0, 0.1) is 0 Å². The first kappa shape index (κ1) is 40.9. The van der Waals surface area contributed by atoms with E-state index in [-0.39, 0.29) is 0 Å². The van der Waals surface area contributed by atoms with Crippen molar-refractivity contribution in [1.29, 1.82) is 0 Å². The van der Waals surface area contributed by atoms with Gasteiger partial charge in [0.25, 0.3) is 5.79 Å². The molecule has 282 valence electrons. The summed E-state index contributed by atoms with van der Waals surface area (Å²) in [6, 6.07) is -3.42. The van der Waals surface area contributed by atoms with Crippen LogP contribution in [0.4, 0.5) is 0 Å². The van der Waals surface area contributed by atoms with Gasteiger partial charge in [-0.05, 0) is 0 Å². The number of amides is 3. The van der Waals surface area contributed by atoms with E-state index >= 15 is 0 Å². The van der Waals surface area contributed by atoms with Crippen molar-refractivity contribution in [3.05, 3.63) is 0 Å². The lowest BCUT2D eigenvalue weighted by Crippen LogP contribution is -2.71. The van der Waals surface area contributed by atoms with Gasteiger partial charge < -0.3 is 85.2 Å². The number of imide groups is 1. The van der Waals surface area contributed by atoms with Crippen molar-refractivity contribution >= 4 is 23.7 Å². The highest BCUT2D eigenvalue weighted by Gasteiger charge is 2.61. The van der Waals surface area contributed by atoms with Gasteiger partial charge in [0.05, 0.1) is 32.0 Å². The Balaban J connectivity index is 2.04. The van der Waals surface area contributed by atoms with Crippen LogP contribution in [0.2, 0.25) is 0 Å². The number of carboxylic acid groups (broad SMARTS) is 1. The van der Waals surface area contributed by atoms with Gasteiger partial charge in [-0.1, -0.05) is 0 Å². The van der Waals surface area contributed by atoms with Crippen LogP contribution in [0.3, 0.4) is 0 Å². The summed E-state index contributed by atoms with van der Waals surface area (Å²) in [7, 11) is 0. The molecule has 0 aromatic carbocycles. The van der Waals surface area contributed by atoms with Crippen molar-refractivity contribution in [2.45, 2.75) is 125 Å². The summed E-state index contributed by atoms with van der Waals surface area (Å²) in [6.45, 7) is -0.147. The number of aliphatic hydroxyl groups is 10. The highest BCUT2D eigenvalue weighted by molar-refractivity contribution is 5.93. The summed E-state index contributed by atoms with van der Waals surface area (Å²) >= 11 is 0. The average molecular weight is 717 g/mol. The fraction of sp³-hybridized carbons (Fsp3) is 0.852. The summed E-state index contributed by atoms with van der Waals surface area (Å²) in [5.74, 6) is -7.93. The van der Waals surface area contributed by atoms with Crippen LogP contribution in [0.5, 0.6) is 0 Å². The van der Waals surface area contributed by atoms with Gasteiger partial charge in [-0.3, -0.25) is 19.3 Å². The maximum atomic E-state index is 12.8. The van der Waals surface area contributed by atoms with Crippen molar-refractivity contribution in [1.82, 2.24) is 10.2 Å². The quantitative estimate of drug-likeness (QED) is 0.0892. The minimum atomic E-state index is -3.17. The Morgan fingerprint density at radius 3 is 1.92 bits per heavy atom. The van der Waals surface area contributed by atoms with Gasteiger partial charge in [0.1, 0.15) is 67.1 Å². The third-order valence-electron chi connectivity index (χ3n) is 8.44. The lowest BCUT2D eigenvalue weighted by molar-refractivity contribution is -0.382. The van der Waals surface area contributed by atoms with Crippen LogP contribution in [0.1, 0.15) is 27.2 Å². The van der Waals surface area contributed by atoms with E-state index in [9.17, 15) is 75.3 Å². The number of aliphatic carboxylic acids is 1. The first-order valence-electron chi connectivity index (χ1n) is 15.1. The molecule has 12 N–H and O–H groups in total. The normalized spacial score (nSPS) is 41.0. The molecule has 3 amide bonds. The molecular formula is C27H44N2O20. The molecule has 16 atom stereocenters. The molecule has 3 rings (SSSR count). The van der Waals surface area contributed by atoms with Gasteiger partial charge in [0.2, 0.25) is 17.7 Å². The number of nitrogens with one attached hydrogen (secondary N) is 1. The number of hydrogen-bond acceptors (Lipinski definition) is 19. The number of ether oxygens (including phenoxy) is 5. The number of carbonyl (C=O) groups excluding carboxylic acids is 3. The second-order valence-corrected chi connectivity index (χ2v) is 11.9. The molecule has 3 aliphatic rings. The minimum Gasteiger partial charge on any atom is -0.477 e. The molecule has 0 spiro atoms. The molecule has 0 aliphatic carbocycles. The Hall–Kier alpha value is -2.52. The summed E-state index contributed by atoms with van der Waals surface area (Å²) < 4.78 is 27.4. The van der Waals surface area contributed by atoms with E-state index in [4.69, 9.17) is 23.7 Å². The molecule has 22 nitrogen and oxygen atoms in total. The maximum absolute atomic E-state index is 12.8. The molecule has 3 heterocycles. The number of hydrogen-bond donors (Lipinski definition) is 12. The predicted molar refractivity (Wildman–Crippen MR) is 151 cm³/mol. The molecular weight excluding hydrogens is 672 g/mol. The van der Waals surface area contributed by atoms with Crippen LogP contribution in [0.15, 0.2) is 0 Å². The predicted octanol–water partition coefficient (Wildman–Crippen LogP) is -7.82. The molecule has 2 unspecified atom stereocenters. The molecule has 0 bridgehead atoms. The van der Waals surface area contributed by atoms with Gasteiger partial charge in [-0.15, -0.1) is 0 Å². The van der Waals surface area contributed by atoms with E-state index in [0.717, 1.165) is 20.8 Å². The largest absolute Gasteiger partial charge is 0.477 e. The van der Waals surface area contributed by atoms with Crippen molar-refractivity contribution in [3.63, 3.8) is 0 Å². The van der Waals surface area contributed by atoms with Crippen molar-refractivity contribution in [2.24, 2.45) is 0 Å². The third-order valence-corrected chi connectivity index (χ3v) is 8.44. The number of carboxylic acids is 1. The number of aliphatic hydroxyl groups excluding tert-OH is 10. The first-order valence-corrected chi connectivity index (χ1v) is 15.1. The Morgan fingerprint density at radius 2 is 1.43 bits per heavy atom. The lowest BCUT2D eigenvalue weighted by Gasteiger charge is -2.51. The SMILES string of the molecule is CC(=O)N[C@H]1C(O)O[C@H](CO)[C@H](O)[C@@H]1OC1O[C@H](CO)[C@H](O)[C@H](O[C@]2(C(=O)O)C[C@H](O)[C@@H](N(C(C)=O)C(C)=O)[C@H]([C@H](O)[C@H](O)CO)O2)[C@H]1O. The van der Waals surface area contributed by atoms with Gasteiger partial charge in [0.15, 0.2) is 12.6 Å². The van der Waals surface area contributed by atoms with Crippen LogP contribution in [-0.4, -0.2) is 202 Å². The lowest BCUT2D eigenvalue weighted by atomic mass is 9.87. The van der Waals surface area contributed by atoms with Gasteiger partial charge in [-0.2, -0.15) is 0 Å². The van der Waals surface area contributed by atoms with Crippen LogP contribution >= 0.6 is 0 Å². The van der Waals surface area contributed by atoms with Crippen LogP contribution in [0.25, 0.3) is 0 Å². The highest BCUT2D eigenvalue weighted by Crippen LogP contribution is 2.39. The fourth-order valence-corrected chi connectivity index (χ4v) is 6.09. The Kier molecular flexibility index (Phi) is 13.9. The maximum Gasteiger partial charge on any atom is 0.364 e. The van der Waals surface area contributed by atoms with E-state index in [2.05, 4.69) is 5.32 Å². The molecule has 3 fully saturated rings. The number of carbonyl (C=O) groups is 4. The molecule has 22 heteroatoms. The molecule has 49 heavy (non-hydrogen) atoms. The third kappa shape index (κ3) is 8.52. The van der Waals surface area contributed by atoms with Gasteiger partial charge in [0, 0.05) is 27.2 Å². The number of nitrogens with zero attached hydrogens (tertiary/aromatic N) is 1. The Bertz CT molecular complexity index is 1170. The zero-order valence-corrected chi connectivity index (χ0v) is 26.5. The summed E-state index contributed by atoms with van der Waals surface area (Å²) in [4.78, 5) is 49.8. The summed E-state index contributed by atoms with van der Waals surface area (Å²) in [6.07, 6.45) is -27.1. The topological polar surface area (TPSA) is 352 Å². The van der Waals surface area contributed by atoms with Gasteiger partial charge in [-0.25, -0.2) is 4.79 Å². The Morgan fingerprint density at radius 1 is 0.878 bits per heavy atom. The second kappa shape index (κ2) is 16.7. The molecule has 0 saturated carbocycles. The van der Waals surface area contributed by atoms with E-state index < -0.39 is 148 Å². The zero-order valence-electron chi connectivity index (χ0n) is 26.5. The van der Waals surface area contributed by atoms with Crippen LogP contribution < -0.4 is 5.32 Å². The second-order valence-electron chi connectivity index (χ2n) is 11.9. The molecule has 0 radical (unpaired) electrons. The smallest absolute Gasteiger partial charge is 0.364 e. The monoisotopic (exact) mass is 716 g/mol. The van der Waals surface area contributed by atoms with Crippen molar-refractivity contribution in [2.75, 3.05) is 19.8 Å². The van der Waals surface area contributed by atoms with E-state index in [0.29, 0.717) is 4.90 Å². The average Bonchev–Trinajstić information content (AvgIpc) is 3.03. The molecule has 3 aliphatic heterocycles. The fourth-order valence-electron chi connectivity index (χ4n) is 6.09. The molecule has 0 aromatic rings. The summed E-state index contributed by atoms with van der Waals surface area (Å²) in [5, 5.41) is 117. The van der Waals surface area contributed by atoms with Crippen LogP contribution in [-0.2, 0) is 42.9 Å². The molecule has 0 aromatic heterocycles. The van der Waals surface area contributed by atoms with Crippen molar-refractivity contribution < 1.29 is 99.0 Å². The Labute approximate surface area is 277 Å². The van der Waals surface area contributed by atoms with Crippen molar-refractivity contribution in [3.8, 4) is 0 Å². The zero-order chi connectivity index (χ0) is 37.1. The van der Waals surface area contributed by atoms with E-state index in [1.165, 1.54) is 0 Å². The van der Waals surface area contributed by atoms with E-state index in [1.54, 1.807) is 0 Å². The van der Waals surface area contributed by atoms with E-state index in [1.807, 2.05) is 0 Å². The standard InChI is InChI=1S/C27H44N2O20/c1-8(33)28-15-21(18(39)13(6-31)45-24(15)42)47-25-20(41)23(19(40)14(7-32)46-25)49-27(26(43)44)4-11(36)16(29(9(2)34)10(3)35)22(48-27)17(38)12(37)5-30/h11-25,30-32,36-42H,4-7H2,1-3H3,(H,28,33)(H,43,44)/t11-,12+,13+,14+,15+,16+,17+,18-,19-,20+,21+,22+,23-,24?,25?,27-/m0/s1. The number of rotatable bonds is 12.